The van der Waals surface area contributed by atoms with Crippen molar-refractivity contribution >= 4 is 55.8 Å². The second kappa shape index (κ2) is 9.87. The summed E-state index contributed by atoms with van der Waals surface area (Å²) in [6, 6.07) is 15.9. The molecule has 0 spiro atoms. The number of benzene rings is 2. The Morgan fingerprint density at radius 3 is 2.57 bits per heavy atom. The van der Waals surface area contributed by atoms with Crippen LogP contribution in [0.2, 0.25) is 0 Å². The van der Waals surface area contributed by atoms with Gasteiger partial charge < -0.3 is 9.64 Å². The Hall–Kier alpha value is -2.00. The van der Waals surface area contributed by atoms with Crippen molar-refractivity contribution < 1.29 is 9.53 Å². The van der Waals surface area contributed by atoms with Crippen LogP contribution in [-0.4, -0.2) is 58.4 Å². The second-order valence-electron chi connectivity index (χ2n) is 7.08. The van der Waals surface area contributed by atoms with Crippen molar-refractivity contribution in [3.8, 4) is 0 Å². The van der Waals surface area contributed by atoms with E-state index in [9.17, 15) is 4.79 Å². The van der Waals surface area contributed by atoms with Gasteiger partial charge in [0.2, 0.25) is 0 Å². The van der Waals surface area contributed by atoms with Gasteiger partial charge in [-0.1, -0.05) is 48.2 Å². The summed E-state index contributed by atoms with van der Waals surface area (Å²) in [5, 5.41) is 1.12. The largest absolute Gasteiger partial charge is 0.465 e. The van der Waals surface area contributed by atoms with Crippen LogP contribution >= 0.6 is 35.3 Å². The third kappa shape index (κ3) is 5.18. The number of nitrogens with zero attached hydrogens (tertiary/aromatic N) is 3. The van der Waals surface area contributed by atoms with Gasteiger partial charge in [-0.2, -0.15) is 0 Å². The van der Waals surface area contributed by atoms with Crippen LogP contribution in [-0.2, 0) is 17.0 Å². The number of aromatic nitrogens is 1. The van der Waals surface area contributed by atoms with E-state index in [4.69, 9.17) is 21.9 Å². The summed E-state index contributed by atoms with van der Waals surface area (Å²) in [6.07, 6.45) is 0. The predicted octanol–water partition coefficient (Wildman–Crippen LogP) is 4.42. The zero-order chi connectivity index (χ0) is 20.9. The van der Waals surface area contributed by atoms with E-state index in [1.165, 1.54) is 17.4 Å². The van der Waals surface area contributed by atoms with Crippen molar-refractivity contribution in [1.82, 2.24) is 14.8 Å². The number of ether oxygens (including phenoxy) is 1. The number of thiazole rings is 1. The minimum atomic E-state index is -0.299. The molecule has 1 aromatic heterocycles. The summed E-state index contributed by atoms with van der Waals surface area (Å²) in [5.41, 5.74) is 2.85. The van der Waals surface area contributed by atoms with E-state index in [2.05, 4.69) is 28.0 Å². The number of para-hydroxylation sites is 1. The monoisotopic (exact) mass is 457 g/mol. The van der Waals surface area contributed by atoms with Crippen LogP contribution in [0, 0.1) is 0 Å². The molecule has 0 unspecified atom stereocenters. The number of thiocarbonyl (C=S) groups is 1. The van der Waals surface area contributed by atoms with Gasteiger partial charge in [0, 0.05) is 32.7 Å². The van der Waals surface area contributed by atoms with E-state index in [0.29, 0.717) is 5.56 Å². The molecule has 30 heavy (non-hydrogen) atoms. The van der Waals surface area contributed by atoms with Gasteiger partial charge in [0.15, 0.2) is 0 Å². The molecule has 0 aliphatic carbocycles. The van der Waals surface area contributed by atoms with Gasteiger partial charge in [-0.05, 0) is 29.8 Å². The molecule has 0 amide bonds. The first-order valence-electron chi connectivity index (χ1n) is 9.78. The zero-order valence-electron chi connectivity index (χ0n) is 16.7. The van der Waals surface area contributed by atoms with Crippen LogP contribution < -0.4 is 0 Å². The average molecular weight is 458 g/mol. The third-order valence-electron chi connectivity index (χ3n) is 5.07. The van der Waals surface area contributed by atoms with E-state index in [0.717, 1.165) is 53.3 Å². The molecule has 4 rings (SSSR count). The highest BCUT2D eigenvalue weighted by Crippen LogP contribution is 2.26. The fraction of sp³-hybridized carbons (Fsp3) is 0.318. The first-order chi connectivity index (χ1) is 14.6. The fourth-order valence-electron chi connectivity index (χ4n) is 3.41. The Labute approximate surface area is 190 Å². The van der Waals surface area contributed by atoms with Crippen molar-refractivity contribution in [3.05, 3.63) is 64.7 Å². The number of hydrogen-bond donors (Lipinski definition) is 0. The molecule has 8 heteroatoms. The Balaban J connectivity index is 1.23. The quantitative estimate of drug-likeness (QED) is 0.415. The van der Waals surface area contributed by atoms with E-state index >= 15 is 0 Å². The van der Waals surface area contributed by atoms with Gasteiger partial charge >= 0.3 is 5.97 Å². The van der Waals surface area contributed by atoms with Crippen molar-refractivity contribution in [3.63, 3.8) is 0 Å². The normalized spacial score (nSPS) is 14.8. The molecular weight excluding hydrogens is 434 g/mol. The van der Waals surface area contributed by atoms with Crippen molar-refractivity contribution in [2.24, 2.45) is 0 Å². The summed E-state index contributed by atoms with van der Waals surface area (Å²) >= 11 is 9.13. The summed E-state index contributed by atoms with van der Waals surface area (Å²) in [7, 11) is 1.40. The molecule has 3 aromatic rings. The Bertz CT molecular complexity index is 995. The van der Waals surface area contributed by atoms with Crippen molar-refractivity contribution in [2.45, 2.75) is 12.3 Å². The number of carbonyl (C=O) groups is 1. The van der Waals surface area contributed by atoms with Crippen LogP contribution in [0.1, 0.15) is 20.9 Å². The van der Waals surface area contributed by atoms with E-state index in [1.54, 1.807) is 23.1 Å². The standard InChI is InChI=1S/C22H23N3O2S3/c1-27-21(26)17-8-6-16(7-9-17)14-24-10-12-25(13-11-24)22(28)29-15-20-23-18-4-2-3-5-19(18)30-20/h2-9H,10-15H2,1H3. The Morgan fingerprint density at radius 2 is 1.87 bits per heavy atom. The Kier molecular flexibility index (Phi) is 6.99. The predicted molar refractivity (Wildman–Crippen MR) is 128 cm³/mol. The third-order valence-corrected chi connectivity index (χ3v) is 7.82. The zero-order valence-corrected chi connectivity index (χ0v) is 19.2. The highest BCUT2D eigenvalue weighted by atomic mass is 32.2. The lowest BCUT2D eigenvalue weighted by atomic mass is 10.1. The molecule has 1 fully saturated rings. The maximum Gasteiger partial charge on any atom is 0.337 e. The van der Waals surface area contributed by atoms with Crippen molar-refractivity contribution in [2.75, 3.05) is 33.3 Å². The van der Waals surface area contributed by atoms with Crippen LogP contribution in [0.4, 0.5) is 0 Å². The maximum atomic E-state index is 11.5. The van der Waals surface area contributed by atoms with Crippen LogP contribution in [0.3, 0.4) is 0 Å². The molecule has 0 atom stereocenters. The van der Waals surface area contributed by atoms with Gasteiger partial charge in [-0.3, -0.25) is 4.90 Å². The number of thioether (sulfide) groups is 1. The summed E-state index contributed by atoms with van der Waals surface area (Å²) in [6.45, 7) is 4.69. The first kappa shape index (κ1) is 21.2. The van der Waals surface area contributed by atoms with Crippen molar-refractivity contribution in [1.29, 1.82) is 0 Å². The van der Waals surface area contributed by atoms with Crippen LogP contribution in [0.15, 0.2) is 48.5 Å². The van der Waals surface area contributed by atoms with Gasteiger partial charge in [0.25, 0.3) is 0 Å². The SMILES string of the molecule is COC(=O)c1ccc(CN2CCN(C(=S)SCc3nc4ccccc4s3)CC2)cc1. The molecule has 2 aromatic carbocycles. The average Bonchev–Trinajstić information content (AvgIpc) is 3.21. The lowest BCUT2D eigenvalue weighted by molar-refractivity contribution is 0.0600. The molecule has 0 bridgehead atoms. The van der Waals surface area contributed by atoms with E-state index in [1.807, 2.05) is 30.3 Å². The molecule has 1 aliphatic heterocycles. The number of fused-ring (bicyclic) bond motifs is 1. The highest BCUT2D eigenvalue weighted by Gasteiger charge is 2.20. The highest BCUT2D eigenvalue weighted by molar-refractivity contribution is 8.22. The second-order valence-corrected chi connectivity index (χ2v) is 9.81. The minimum Gasteiger partial charge on any atom is -0.465 e. The molecule has 2 heterocycles. The molecule has 0 saturated carbocycles. The molecule has 1 aliphatic rings. The topological polar surface area (TPSA) is 45.7 Å². The molecule has 0 radical (unpaired) electrons. The lowest BCUT2D eigenvalue weighted by Crippen LogP contribution is -2.47. The molecule has 1 saturated heterocycles. The number of rotatable bonds is 5. The van der Waals surface area contributed by atoms with Crippen LogP contribution in [0.25, 0.3) is 10.2 Å². The number of esters is 1. The van der Waals surface area contributed by atoms with Gasteiger partial charge in [-0.25, -0.2) is 9.78 Å². The number of hydrogen-bond acceptors (Lipinski definition) is 7. The molecule has 156 valence electrons. The Morgan fingerprint density at radius 1 is 1.13 bits per heavy atom. The van der Waals surface area contributed by atoms with E-state index < -0.39 is 0 Å². The van der Waals surface area contributed by atoms with Gasteiger partial charge in [0.1, 0.15) is 9.33 Å². The van der Waals surface area contributed by atoms with Crippen LogP contribution in [0.5, 0.6) is 0 Å². The minimum absolute atomic E-state index is 0.299. The molecular formula is C22H23N3O2S3. The molecule has 0 N–H and O–H groups in total. The number of carbonyl (C=O) groups excluding carboxylic acids is 1. The number of piperazine rings is 1. The van der Waals surface area contributed by atoms with Gasteiger partial charge in [0.05, 0.1) is 28.6 Å². The summed E-state index contributed by atoms with van der Waals surface area (Å²) in [4.78, 5) is 21.0. The summed E-state index contributed by atoms with van der Waals surface area (Å²) < 4.78 is 6.94. The van der Waals surface area contributed by atoms with E-state index in [-0.39, 0.29) is 5.97 Å². The maximum absolute atomic E-state index is 11.5. The lowest BCUT2D eigenvalue weighted by Gasteiger charge is -2.35. The fourth-order valence-corrected chi connectivity index (χ4v) is 5.62. The molecule has 5 nitrogen and oxygen atoms in total. The first-order valence-corrected chi connectivity index (χ1v) is 12.0. The van der Waals surface area contributed by atoms with Gasteiger partial charge in [-0.15, -0.1) is 11.3 Å². The smallest absolute Gasteiger partial charge is 0.337 e. The summed E-state index contributed by atoms with van der Waals surface area (Å²) in [5.74, 6) is 0.525. The number of methoxy groups -OCH3 is 1.